The lowest BCUT2D eigenvalue weighted by Crippen LogP contribution is -2.25. The molecule has 1 aromatic carbocycles. The van der Waals surface area contributed by atoms with Crippen LogP contribution in [0.25, 0.3) is 0 Å². The van der Waals surface area contributed by atoms with Crippen molar-refractivity contribution in [3.63, 3.8) is 0 Å². The summed E-state index contributed by atoms with van der Waals surface area (Å²) in [7, 11) is 1.94. The summed E-state index contributed by atoms with van der Waals surface area (Å²) in [6.07, 6.45) is 0. The molecular formula is C10H14BrN3O. The molecule has 0 radical (unpaired) electrons. The molecular weight excluding hydrogens is 258 g/mol. The van der Waals surface area contributed by atoms with Crippen LogP contribution in [0.2, 0.25) is 0 Å². The van der Waals surface area contributed by atoms with Gasteiger partial charge in [-0.2, -0.15) is 0 Å². The number of primary amides is 1. The molecule has 5 heteroatoms. The van der Waals surface area contributed by atoms with Gasteiger partial charge in [0.2, 0.25) is 5.91 Å². The molecule has 15 heavy (non-hydrogen) atoms. The summed E-state index contributed by atoms with van der Waals surface area (Å²) in [5, 5.41) is 0. The van der Waals surface area contributed by atoms with E-state index in [1.165, 1.54) is 0 Å². The van der Waals surface area contributed by atoms with Gasteiger partial charge >= 0.3 is 0 Å². The van der Waals surface area contributed by atoms with Crippen molar-refractivity contribution >= 4 is 27.5 Å². The number of carbonyl (C=O) groups is 1. The number of likely N-dealkylation sites (N-methyl/N-ethyl adjacent to an activating group) is 1. The number of rotatable bonds is 4. The first-order chi connectivity index (χ1) is 7.06. The van der Waals surface area contributed by atoms with Crippen LogP contribution in [-0.4, -0.2) is 26.0 Å². The van der Waals surface area contributed by atoms with E-state index in [1.54, 1.807) is 12.1 Å². The van der Waals surface area contributed by atoms with Gasteiger partial charge in [-0.25, -0.2) is 0 Å². The summed E-state index contributed by atoms with van der Waals surface area (Å²) in [4.78, 5) is 12.9. The zero-order valence-electron chi connectivity index (χ0n) is 8.53. The van der Waals surface area contributed by atoms with Crippen LogP contribution in [0, 0.1) is 0 Å². The number of anilines is 1. The van der Waals surface area contributed by atoms with Crippen molar-refractivity contribution in [2.75, 3.05) is 25.0 Å². The Morgan fingerprint density at radius 3 is 2.67 bits per heavy atom. The van der Waals surface area contributed by atoms with Crippen LogP contribution in [0.4, 0.5) is 5.69 Å². The van der Waals surface area contributed by atoms with Crippen LogP contribution in [0.15, 0.2) is 22.7 Å². The van der Waals surface area contributed by atoms with Crippen LogP contribution in [0.1, 0.15) is 10.4 Å². The zero-order chi connectivity index (χ0) is 11.4. The summed E-state index contributed by atoms with van der Waals surface area (Å²) in [5.74, 6) is -0.427. The van der Waals surface area contributed by atoms with Gasteiger partial charge in [0.15, 0.2) is 0 Å². The summed E-state index contributed by atoms with van der Waals surface area (Å²) in [6, 6.07) is 5.26. The molecule has 0 heterocycles. The van der Waals surface area contributed by atoms with E-state index >= 15 is 0 Å². The SMILES string of the molecule is CN(CCN)c1ccc(C(N)=O)cc1Br. The second-order valence-corrected chi connectivity index (χ2v) is 4.10. The van der Waals surface area contributed by atoms with Crippen molar-refractivity contribution in [3.8, 4) is 0 Å². The van der Waals surface area contributed by atoms with Gasteiger partial charge in [0.25, 0.3) is 0 Å². The van der Waals surface area contributed by atoms with Gasteiger partial charge in [-0.15, -0.1) is 0 Å². The predicted molar refractivity (Wildman–Crippen MR) is 65.0 cm³/mol. The Hall–Kier alpha value is -1.07. The summed E-state index contributed by atoms with van der Waals surface area (Å²) < 4.78 is 0.842. The molecule has 0 aliphatic carbocycles. The molecule has 0 aromatic heterocycles. The number of halogens is 1. The molecule has 4 N–H and O–H groups in total. The molecule has 0 spiro atoms. The van der Waals surface area contributed by atoms with Crippen molar-refractivity contribution in [2.24, 2.45) is 11.5 Å². The van der Waals surface area contributed by atoms with Gasteiger partial charge in [-0.3, -0.25) is 4.79 Å². The maximum Gasteiger partial charge on any atom is 0.248 e. The van der Waals surface area contributed by atoms with Crippen molar-refractivity contribution < 1.29 is 4.79 Å². The lowest BCUT2D eigenvalue weighted by molar-refractivity contribution is 0.100. The van der Waals surface area contributed by atoms with Crippen molar-refractivity contribution in [3.05, 3.63) is 28.2 Å². The normalized spacial score (nSPS) is 10.1. The fourth-order valence-electron chi connectivity index (χ4n) is 1.28. The molecule has 4 nitrogen and oxygen atoms in total. The van der Waals surface area contributed by atoms with Gasteiger partial charge in [-0.05, 0) is 34.1 Å². The zero-order valence-corrected chi connectivity index (χ0v) is 10.1. The first-order valence-electron chi connectivity index (χ1n) is 4.57. The Balaban J connectivity index is 2.97. The quantitative estimate of drug-likeness (QED) is 0.856. The highest BCUT2D eigenvalue weighted by Crippen LogP contribution is 2.26. The number of nitrogens with two attached hydrogens (primary N) is 2. The highest BCUT2D eigenvalue weighted by Gasteiger charge is 2.07. The molecule has 0 aliphatic rings. The first kappa shape index (κ1) is 12.0. The highest BCUT2D eigenvalue weighted by atomic mass is 79.9. The second kappa shape index (κ2) is 5.14. The second-order valence-electron chi connectivity index (χ2n) is 3.24. The number of carbonyl (C=O) groups excluding carboxylic acids is 1. The minimum absolute atomic E-state index is 0.427. The van der Waals surface area contributed by atoms with E-state index in [1.807, 2.05) is 18.0 Å². The average molecular weight is 272 g/mol. The molecule has 0 aliphatic heterocycles. The van der Waals surface area contributed by atoms with Gasteiger partial charge in [0.1, 0.15) is 0 Å². The van der Waals surface area contributed by atoms with Gasteiger partial charge in [-0.1, -0.05) is 0 Å². The molecule has 0 unspecified atom stereocenters. The summed E-state index contributed by atoms with van der Waals surface area (Å²) in [6.45, 7) is 1.34. The Kier molecular flexibility index (Phi) is 4.11. The van der Waals surface area contributed by atoms with E-state index < -0.39 is 5.91 Å². The standard InChI is InChI=1S/C10H14BrN3O/c1-14(5-4-12)9-3-2-7(10(13)15)6-8(9)11/h2-3,6H,4-5,12H2,1H3,(H2,13,15). The Morgan fingerprint density at radius 2 is 2.20 bits per heavy atom. The third kappa shape index (κ3) is 2.94. The number of benzene rings is 1. The lowest BCUT2D eigenvalue weighted by atomic mass is 10.2. The molecule has 0 saturated heterocycles. The Morgan fingerprint density at radius 1 is 1.53 bits per heavy atom. The predicted octanol–water partition coefficient (Wildman–Crippen LogP) is 0.943. The van der Waals surface area contributed by atoms with E-state index in [-0.39, 0.29) is 0 Å². The van der Waals surface area contributed by atoms with Crippen LogP contribution >= 0.6 is 15.9 Å². The number of nitrogens with zero attached hydrogens (tertiary/aromatic N) is 1. The fraction of sp³-hybridized carbons (Fsp3) is 0.300. The van der Waals surface area contributed by atoms with E-state index in [4.69, 9.17) is 11.5 Å². The van der Waals surface area contributed by atoms with Crippen LogP contribution in [-0.2, 0) is 0 Å². The molecule has 1 rings (SSSR count). The fourth-order valence-corrected chi connectivity index (χ4v) is 1.97. The first-order valence-corrected chi connectivity index (χ1v) is 5.36. The number of amides is 1. The molecule has 0 fully saturated rings. The summed E-state index contributed by atoms with van der Waals surface area (Å²) >= 11 is 3.40. The molecule has 0 saturated carbocycles. The minimum atomic E-state index is -0.427. The Bertz CT molecular complexity index is 368. The maximum absolute atomic E-state index is 10.9. The van der Waals surface area contributed by atoms with Gasteiger partial charge in [0, 0.05) is 30.2 Å². The smallest absolute Gasteiger partial charge is 0.248 e. The number of hydrogen-bond acceptors (Lipinski definition) is 3. The average Bonchev–Trinajstić information content (AvgIpc) is 2.17. The van der Waals surface area contributed by atoms with Crippen LogP contribution in [0.3, 0.4) is 0 Å². The molecule has 1 amide bonds. The van der Waals surface area contributed by atoms with Crippen molar-refractivity contribution in [1.82, 2.24) is 0 Å². The van der Waals surface area contributed by atoms with Gasteiger partial charge in [0.05, 0.1) is 5.69 Å². The van der Waals surface area contributed by atoms with Crippen LogP contribution < -0.4 is 16.4 Å². The third-order valence-corrected chi connectivity index (χ3v) is 2.74. The molecule has 0 bridgehead atoms. The third-order valence-electron chi connectivity index (χ3n) is 2.11. The molecule has 0 atom stereocenters. The number of hydrogen-bond donors (Lipinski definition) is 2. The molecule has 82 valence electrons. The molecule has 1 aromatic rings. The van der Waals surface area contributed by atoms with E-state index in [0.717, 1.165) is 16.7 Å². The topological polar surface area (TPSA) is 72.3 Å². The van der Waals surface area contributed by atoms with Gasteiger partial charge < -0.3 is 16.4 Å². The maximum atomic E-state index is 10.9. The largest absolute Gasteiger partial charge is 0.372 e. The van der Waals surface area contributed by atoms with Crippen molar-refractivity contribution in [1.29, 1.82) is 0 Å². The van der Waals surface area contributed by atoms with E-state index in [0.29, 0.717) is 12.1 Å². The van der Waals surface area contributed by atoms with E-state index in [2.05, 4.69) is 15.9 Å². The highest BCUT2D eigenvalue weighted by molar-refractivity contribution is 9.10. The summed E-state index contributed by atoms with van der Waals surface area (Å²) in [5.41, 5.74) is 12.1. The lowest BCUT2D eigenvalue weighted by Gasteiger charge is -2.19. The van der Waals surface area contributed by atoms with Crippen LogP contribution in [0.5, 0.6) is 0 Å². The minimum Gasteiger partial charge on any atom is -0.372 e. The monoisotopic (exact) mass is 271 g/mol. The van der Waals surface area contributed by atoms with E-state index in [9.17, 15) is 4.79 Å². The van der Waals surface area contributed by atoms with Crippen molar-refractivity contribution in [2.45, 2.75) is 0 Å². The Labute approximate surface area is 97.4 Å².